The fourth-order valence-electron chi connectivity index (χ4n) is 2.57. The number of nitrogens with one attached hydrogen (secondary N) is 2. The number of aromatic nitrogens is 5. The molecule has 120 valence electrons. The highest BCUT2D eigenvalue weighted by molar-refractivity contribution is 9.10. The van der Waals surface area contributed by atoms with E-state index >= 15 is 0 Å². The molecule has 2 N–H and O–H groups in total. The molecule has 3 heterocycles. The average molecular weight is 387 g/mol. The molecule has 4 rings (SSSR count). The molecule has 0 bridgehead atoms. The van der Waals surface area contributed by atoms with Crippen molar-refractivity contribution >= 4 is 43.9 Å². The second-order valence-electron chi connectivity index (χ2n) is 5.12. The summed E-state index contributed by atoms with van der Waals surface area (Å²) in [5, 5.41) is 10.6. The van der Waals surface area contributed by atoms with Crippen LogP contribution >= 0.6 is 15.9 Å². The van der Waals surface area contributed by atoms with Gasteiger partial charge in [-0.05, 0) is 24.3 Å². The lowest BCUT2D eigenvalue weighted by Gasteiger charge is -2.00. The van der Waals surface area contributed by atoms with Gasteiger partial charge in [-0.2, -0.15) is 9.78 Å². The van der Waals surface area contributed by atoms with Gasteiger partial charge < -0.3 is 5.32 Å². The van der Waals surface area contributed by atoms with Gasteiger partial charge in [0.25, 0.3) is 5.56 Å². The Morgan fingerprint density at radius 1 is 1.21 bits per heavy atom. The van der Waals surface area contributed by atoms with Crippen molar-refractivity contribution in [3.05, 3.63) is 51.5 Å². The fraction of sp³-hybridized carbons (Fsp3) is 0.0667. The summed E-state index contributed by atoms with van der Waals surface area (Å²) in [6, 6.07) is 6.94. The highest BCUT2D eigenvalue weighted by atomic mass is 79.9. The number of aromatic amines is 1. The first-order chi connectivity index (χ1) is 11.6. The number of rotatable bonds is 1. The van der Waals surface area contributed by atoms with E-state index in [0.717, 1.165) is 9.15 Å². The molecule has 0 spiro atoms. The number of hydrogen-bond acceptors (Lipinski definition) is 4. The highest BCUT2D eigenvalue weighted by Crippen LogP contribution is 2.21. The van der Waals surface area contributed by atoms with Crippen LogP contribution in [0.4, 0.5) is 4.79 Å². The summed E-state index contributed by atoms with van der Waals surface area (Å²) in [5.41, 5.74) is 1.45. The van der Waals surface area contributed by atoms with Crippen LogP contribution in [-0.2, 0) is 0 Å². The summed E-state index contributed by atoms with van der Waals surface area (Å²) in [7, 11) is 1.51. The Labute approximate surface area is 143 Å². The van der Waals surface area contributed by atoms with Crippen molar-refractivity contribution in [1.29, 1.82) is 0 Å². The summed E-state index contributed by atoms with van der Waals surface area (Å²) in [5.74, 6) is 0. The van der Waals surface area contributed by atoms with Crippen LogP contribution in [0.25, 0.3) is 27.6 Å². The first-order valence-electron chi connectivity index (χ1n) is 7.05. The highest BCUT2D eigenvalue weighted by Gasteiger charge is 2.17. The van der Waals surface area contributed by atoms with Crippen LogP contribution in [0.3, 0.4) is 0 Å². The molecule has 4 aromatic rings. The zero-order valence-electron chi connectivity index (χ0n) is 12.4. The predicted molar refractivity (Wildman–Crippen MR) is 92.5 cm³/mol. The van der Waals surface area contributed by atoms with E-state index < -0.39 is 6.03 Å². The summed E-state index contributed by atoms with van der Waals surface area (Å²) in [6.45, 7) is 0. The second kappa shape index (κ2) is 5.31. The first kappa shape index (κ1) is 14.6. The Balaban J connectivity index is 1.99. The molecule has 0 aliphatic heterocycles. The van der Waals surface area contributed by atoms with E-state index in [1.807, 2.05) is 24.3 Å². The number of hydrogen-bond donors (Lipinski definition) is 2. The first-order valence-corrected chi connectivity index (χ1v) is 7.85. The third-order valence-corrected chi connectivity index (χ3v) is 4.28. The summed E-state index contributed by atoms with van der Waals surface area (Å²) in [4.78, 5) is 28.7. The largest absolute Gasteiger partial charge is 0.343 e. The molecule has 9 heteroatoms. The molecule has 0 saturated heterocycles. The second-order valence-corrected chi connectivity index (χ2v) is 6.04. The number of pyridine rings is 1. The molecular formula is C15H11BrN6O2. The number of amides is 1. The summed E-state index contributed by atoms with van der Waals surface area (Å²) < 4.78 is 3.52. The molecule has 0 unspecified atom stereocenters. The van der Waals surface area contributed by atoms with Crippen molar-refractivity contribution in [3.63, 3.8) is 0 Å². The lowest BCUT2D eigenvalue weighted by molar-refractivity contribution is 0.242. The standard InChI is InChI=1S/C15H11BrN6O2/c1-17-15(24)22-13-10(7-19-22)12-11(6-18-13)14(23)21(20-12)9-4-2-8(16)3-5-9/h2-7,20H,1H3,(H,17,24). The van der Waals surface area contributed by atoms with Gasteiger partial charge in [0.1, 0.15) is 0 Å². The Kier molecular flexibility index (Phi) is 3.24. The Bertz CT molecular complexity index is 1140. The van der Waals surface area contributed by atoms with Gasteiger partial charge in [-0.1, -0.05) is 15.9 Å². The Morgan fingerprint density at radius 2 is 1.96 bits per heavy atom. The lowest BCUT2D eigenvalue weighted by Crippen LogP contribution is -2.25. The molecule has 1 aromatic carbocycles. The number of carbonyl (C=O) groups is 1. The molecule has 0 fully saturated rings. The zero-order valence-corrected chi connectivity index (χ0v) is 14.0. The minimum atomic E-state index is -0.397. The fourth-order valence-corrected chi connectivity index (χ4v) is 2.83. The van der Waals surface area contributed by atoms with Gasteiger partial charge in [0, 0.05) is 17.7 Å². The quantitative estimate of drug-likeness (QED) is 0.522. The number of nitrogens with zero attached hydrogens (tertiary/aromatic N) is 4. The van der Waals surface area contributed by atoms with Crippen molar-refractivity contribution in [2.45, 2.75) is 0 Å². The molecule has 0 saturated carbocycles. The van der Waals surface area contributed by atoms with E-state index in [9.17, 15) is 9.59 Å². The smallest absolute Gasteiger partial charge is 0.339 e. The molecule has 0 atom stereocenters. The Hall–Kier alpha value is -2.94. The van der Waals surface area contributed by atoms with Gasteiger partial charge in [-0.3, -0.25) is 9.89 Å². The molecule has 0 aliphatic carbocycles. The average Bonchev–Trinajstić information content (AvgIpc) is 3.16. The van der Waals surface area contributed by atoms with Crippen molar-refractivity contribution < 1.29 is 4.79 Å². The maximum absolute atomic E-state index is 12.6. The molecule has 24 heavy (non-hydrogen) atoms. The van der Waals surface area contributed by atoms with Crippen LogP contribution in [0.2, 0.25) is 0 Å². The van der Waals surface area contributed by atoms with Crippen molar-refractivity contribution in [2.75, 3.05) is 7.05 Å². The van der Waals surface area contributed by atoms with Crippen LogP contribution in [0.1, 0.15) is 0 Å². The number of benzene rings is 1. The molecule has 3 aromatic heterocycles. The van der Waals surface area contributed by atoms with Crippen LogP contribution in [0.15, 0.2) is 45.9 Å². The Morgan fingerprint density at radius 3 is 2.67 bits per heavy atom. The summed E-state index contributed by atoms with van der Waals surface area (Å²) in [6.07, 6.45) is 2.97. The van der Waals surface area contributed by atoms with E-state index in [2.05, 4.69) is 36.4 Å². The maximum Gasteiger partial charge on any atom is 0.343 e. The number of carbonyl (C=O) groups excluding carboxylic acids is 1. The van der Waals surface area contributed by atoms with E-state index in [-0.39, 0.29) is 5.56 Å². The van der Waals surface area contributed by atoms with Gasteiger partial charge in [-0.25, -0.2) is 14.5 Å². The topological polar surface area (TPSA) is 97.6 Å². The predicted octanol–water partition coefficient (Wildman–Crippen LogP) is 2.01. The third-order valence-electron chi connectivity index (χ3n) is 3.75. The van der Waals surface area contributed by atoms with Gasteiger partial charge >= 0.3 is 6.03 Å². The van der Waals surface area contributed by atoms with Gasteiger partial charge in [0.15, 0.2) is 5.65 Å². The molecule has 0 aliphatic rings. The van der Waals surface area contributed by atoms with Gasteiger partial charge in [-0.15, -0.1) is 0 Å². The maximum atomic E-state index is 12.6. The van der Waals surface area contributed by atoms with Crippen LogP contribution in [0.5, 0.6) is 0 Å². The molecule has 8 nitrogen and oxygen atoms in total. The summed E-state index contributed by atoms with van der Waals surface area (Å²) >= 11 is 3.37. The third kappa shape index (κ3) is 2.05. The lowest BCUT2D eigenvalue weighted by atomic mass is 10.2. The monoisotopic (exact) mass is 386 g/mol. The van der Waals surface area contributed by atoms with E-state index in [1.165, 1.54) is 24.1 Å². The molecular weight excluding hydrogens is 376 g/mol. The van der Waals surface area contributed by atoms with E-state index in [0.29, 0.717) is 27.6 Å². The van der Waals surface area contributed by atoms with Gasteiger partial charge in [0.2, 0.25) is 0 Å². The normalized spacial score (nSPS) is 11.2. The molecule has 0 radical (unpaired) electrons. The van der Waals surface area contributed by atoms with Crippen molar-refractivity contribution in [1.82, 2.24) is 29.9 Å². The van der Waals surface area contributed by atoms with Crippen LogP contribution < -0.4 is 10.9 Å². The van der Waals surface area contributed by atoms with Gasteiger partial charge in [0.05, 0.1) is 28.2 Å². The number of H-pyrrole nitrogens is 1. The van der Waals surface area contributed by atoms with Crippen molar-refractivity contribution in [2.24, 2.45) is 0 Å². The SMILES string of the molecule is CNC(=O)n1ncc2c3[nH]n(-c4ccc(Br)cc4)c(=O)c3cnc21. The van der Waals surface area contributed by atoms with Crippen LogP contribution in [-0.4, -0.2) is 37.6 Å². The van der Waals surface area contributed by atoms with Crippen LogP contribution in [0, 0.1) is 0 Å². The minimum absolute atomic E-state index is 0.214. The number of fused-ring (bicyclic) bond motifs is 3. The van der Waals surface area contributed by atoms with Crippen molar-refractivity contribution in [3.8, 4) is 5.69 Å². The number of halogens is 1. The molecule has 1 amide bonds. The minimum Gasteiger partial charge on any atom is -0.339 e. The van der Waals surface area contributed by atoms with E-state index in [4.69, 9.17) is 0 Å². The zero-order chi connectivity index (χ0) is 16.8. The van der Waals surface area contributed by atoms with E-state index in [1.54, 1.807) is 0 Å².